The van der Waals surface area contributed by atoms with E-state index in [9.17, 15) is 27.4 Å². The second-order valence-electron chi connectivity index (χ2n) is 20.3. The first-order valence-corrected chi connectivity index (χ1v) is 30.7. The molecule has 5 aromatic carbocycles. The van der Waals surface area contributed by atoms with Gasteiger partial charge < -0.3 is 53.6 Å². The van der Waals surface area contributed by atoms with Crippen LogP contribution in [0.5, 0.6) is 23.0 Å². The molecule has 3 atom stereocenters. The van der Waals surface area contributed by atoms with Crippen molar-refractivity contribution in [2.45, 2.75) is 68.4 Å². The van der Waals surface area contributed by atoms with Gasteiger partial charge in [0.2, 0.25) is 5.91 Å². The van der Waals surface area contributed by atoms with E-state index in [0.29, 0.717) is 105 Å². The van der Waals surface area contributed by atoms with Crippen molar-refractivity contribution >= 4 is 102 Å². The lowest BCUT2D eigenvalue weighted by Gasteiger charge is -2.34. The lowest BCUT2D eigenvalue weighted by Crippen LogP contribution is -2.39. The third-order valence-electron chi connectivity index (χ3n) is 14.2. The minimum absolute atomic E-state index is 0.0610. The summed E-state index contributed by atoms with van der Waals surface area (Å²) in [6, 6.07) is 28.6. The number of thiocarbonyl (C=S) groups is 1. The van der Waals surface area contributed by atoms with Gasteiger partial charge in [-0.3, -0.25) is 28.8 Å². The molecule has 0 bridgehead atoms. The first-order chi connectivity index (χ1) is 39.1. The van der Waals surface area contributed by atoms with Gasteiger partial charge in [0.25, 0.3) is 21.9 Å². The molecule has 23 heteroatoms. The molecule has 0 aromatic heterocycles. The van der Waals surface area contributed by atoms with Crippen LogP contribution in [0.4, 0.5) is 28.4 Å². The molecule has 4 heterocycles. The highest BCUT2D eigenvalue weighted by atomic mass is 33.1. The molecule has 0 aliphatic carbocycles. The molecular formula is C58H66N6O13S4. The fraction of sp³-hybridized carbons (Fsp3) is 0.397. The monoisotopic (exact) mass is 1180 g/mol. The SMILES string of the molecule is COCCOCCOCCN(CC(C)(C)SSCCC(C(=O)NC=S)S(=O)(=O)O)c1cc(COc2cc3c(cc2OC)C(=O)N2c4ccccc4C[C@H]2C=N3)cc(COc2cc3c(cc2OC)C(=O)N2c4ccccc4C[C@H]2CN3)c1. The van der Waals surface area contributed by atoms with Crippen LogP contribution in [0.2, 0.25) is 0 Å². The van der Waals surface area contributed by atoms with Gasteiger partial charge in [-0.2, -0.15) is 8.42 Å². The van der Waals surface area contributed by atoms with Gasteiger partial charge in [-0.25, -0.2) is 0 Å². The van der Waals surface area contributed by atoms with Gasteiger partial charge in [-0.1, -0.05) is 70.2 Å². The summed E-state index contributed by atoms with van der Waals surface area (Å²) >= 11 is 4.69. The number of rotatable bonds is 28. The Morgan fingerprint density at radius 2 is 1.44 bits per heavy atom. The van der Waals surface area contributed by atoms with Crippen molar-refractivity contribution in [3.05, 3.63) is 124 Å². The molecule has 9 rings (SSSR count). The number of hydrogen-bond donors (Lipinski definition) is 3. The first-order valence-electron chi connectivity index (χ1n) is 26.4. The van der Waals surface area contributed by atoms with Crippen LogP contribution >= 0.6 is 33.8 Å². The first kappa shape index (κ1) is 59.2. The molecule has 4 aliphatic heterocycles. The molecule has 3 N–H and O–H groups in total. The number of amides is 3. The van der Waals surface area contributed by atoms with Crippen molar-refractivity contribution in [2.75, 3.05) is 99.8 Å². The highest BCUT2D eigenvalue weighted by Crippen LogP contribution is 2.44. The Balaban J connectivity index is 1.00. The van der Waals surface area contributed by atoms with Gasteiger partial charge in [0.05, 0.1) is 87.3 Å². The van der Waals surface area contributed by atoms with E-state index in [1.165, 1.54) is 28.7 Å². The van der Waals surface area contributed by atoms with E-state index in [1.54, 1.807) is 37.3 Å². The number of methoxy groups -OCH3 is 3. The third-order valence-corrected chi connectivity index (χ3v) is 18.7. The van der Waals surface area contributed by atoms with E-state index in [0.717, 1.165) is 51.2 Å². The Kier molecular flexibility index (Phi) is 19.5. The molecule has 5 aromatic rings. The number of carbonyl (C=O) groups is 3. The lowest BCUT2D eigenvalue weighted by molar-refractivity contribution is -0.119. The predicted octanol–water partition coefficient (Wildman–Crippen LogP) is 8.51. The maximum absolute atomic E-state index is 14.3. The molecule has 430 valence electrons. The zero-order chi connectivity index (χ0) is 57.3. The standard InChI is InChI=1S/C58H66N6O13S4/c1-58(2,80-79-21-14-54(81(68,69)70)55(65)61-36-78)35-62(15-16-74-19-20-75-18-17-71-3)41-23-37(33-76-52-29-46-44(27-50(52)72-4)56(66)63-42(31-59-46)25-39-10-6-8-12-48(39)63)22-38(24-41)34-77-53-30-47-45(28-51(53)73-5)57(67)64-43(32-60-47)26-40-11-7-9-13-49(40)64/h6-13,22-24,27-31,36,42-43,54,60H,14-21,25-26,32-35H2,1-5H3,(H,61,65,78)(H,68,69,70)/t42-,43-,54?/m0/s1. The second kappa shape index (κ2) is 26.6. The molecule has 1 unspecified atom stereocenters. The van der Waals surface area contributed by atoms with Crippen molar-refractivity contribution in [3.63, 3.8) is 0 Å². The fourth-order valence-corrected chi connectivity index (χ4v) is 14.0. The van der Waals surface area contributed by atoms with Gasteiger partial charge in [0, 0.05) is 79.1 Å². The Morgan fingerprint density at radius 1 is 0.827 bits per heavy atom. The number of nitrogens with zero attached hydrogens (tertiary/aromatic N) is 4. The number of benzene rings is 5. The molecule has 0 radical (unpaired) electrons. The number of carbonyl (C=O) groups excluding carboxylic acids is 3. The number of ether oxygens (including phenoxy) is 7. The number of hydrogen-bond acceptors (Lipinski definition) is 18. The highest BCUT2D eigenvalue weighted by Gasteiger charge is 2.39. The minimum atomic E-state index is -4.69. The number of aliphatic imine (C=N–C) groups is 1. The van der Waals surface area contributed by atoms with Crippen LogP contribution in [-0.2, 0) is 55.2 Å². The molecule has 0 spiro atoms. The van der Waals surface area contributed by atoms with Crippen molar-refractivity contribution in [1.82, 2.24) is 5.32 Å². The summed E-state index contributed by atoms with van der Waals surface area (Å²) < 4.78 is 75.6. The summed E-state index contributed by atoms with van der Waals surface area (Å²) in [5, 5.41) is 4.04. The Morgan fingerprint density at radius 3 is 2.11 bits per heavy atom. The average Bonchev–Trinajstić information content (AvgIpc) is 4.18. The number of anilines is 4. The third kappa shape index (κ3) is 14.1. The summed E-state index contributed by atoms with van der Waals surface area (Å²) in [6.45, 7) is 7.67. The topological polar surface area (TPSA) is 216 Å². The number of fused-ring (bicyclic) bond motifs is 8. The van der Waals surface area contributed by atoms with E-state index in [4.69, 9.17) is 38.2 Å². The Labute approximate surface area is 485 Å². The number of nitrogens with one attached hydrogen (secondary N) is 2. The summed E-state index contributed by atoms with van der Waals surface area (Å²) in [5.74, 6) is 0.588. The Bertz CT molecular complexity index is 3270. The van der Waals surface area contributed by atoms with Gasteiger partial charge in [-0.15, -0.1) is 0 Å². The predicted molar refractivity (Wildman–Crippen MR) is 321 cm³/mol. The van der Waals surface area contributed by atoms with E-state index in [-0.39, 0.29) is 49.3 Å². The van der Waals surface area contributed by atoms with Crippen LogP contribution in [0.3, 0.4) is 0 Å². The van der Waals surface area contributed by atoms with Crippen LogP contribution in [-0.4, -0.2) is 144 Å². The summed E-state index contributed by atoms with van der Waals surface area (Å²) in [6.07, 6.45) is 3.06. The smallest absolute Gasteiger partial charge is 0.276 e. The molecule has 3 amide bonds. The molecule has 0 saturated carbocycles. The molecule has 19 nitrogen and oxygen atoms in total. The van der Waals surface area contributed by atoms with Gasteiger partial charge in [0.15, 0.2) is 28.2 Å². The van der Waals surface area contributed by atoms with Crippen LogP contribution in [0, 0.1) is 0 Å². The van der Waals surface area contributed by atoms with Crippen molar-refractivity contribution in [3.8, 4) is 23.0 Å². The quantitative estimate of drug-likeness (QED) is 0.0185. The lowest BCUT2D eigenvalue weighted by atomic mass is 10.1. The molecule has 4 aliphatic rings. The summed E-state index contributed by atoms with van der Waals surface area (Å²) in [5.41, 5.74) is 9.20. The van der Waals surface area contributed by atoms with Crippen molar-refractivity contribution in [1.29, 1.82) is 0 Å². The second-order valence-corrected chi connectivity index (χ2v) is 25.2. The molecule has 0 fully saturated rings. The van der Waals surface area contributed by atoms with E-state index in [1.807, 2.05) is 77.8 Å². The normalized spacial score (nSPS) is 16.4. The highest BCUT2D eigenvalue weighted by molar-refractivity contribution is 8.77. The largest absolute Gasteiger partial charge is 0.493 e. The van der Waals surface area contributed by atoms with Crippen LogP contribution in [0.15, 0.2) is 96.0 Å². The van der Waals surface area contributed by atoms with Crippen molar-refractivity contribution in [2.24, 2.45) is 4.99 Å². The van der Waals surface area contributed by atoms with Gasteiger partial charge >= 0.3 is 0 Å². The summed E-state index contributed by atoms with van der Waals surface area (Å²) in [4.78, 5) is 51.7. The fourth-order valence-electron chi connectivity index (χ4n) is 10.4. The Hall–Kier alpha value is -6.44. The molecule has 81 heavy (non-hydrogen) atoms. The van der Waals surface area contributed by atoms with Crippen LogP contribution < -0.4 is 44.3 Å². The summed E-state index contributed by atoms with van der Waals surface area (Å²) in [7, 11) is 2.89. The van der Waals surface area contributed by atoms with Crippen LogP contribution in [0.1, 0.15) is 63.2 Å². The van der Waals surface area contributed by atoms with E-state index < -0.39 is 26.0 Å². The zero-order valence-corrected chi connectivity index (χ0v) is 49.0. The maximum Gasteiger partial charge on any atom is 0.276 e. The van der Waals surface area contributed by atoms with Gasteiger partial charge in [0.1, 0.15) is 13.2 Å². The van der Waals surface area contributed by atoms with Crippen LogP contribution in [0.25, 0.3) is 0 Å². The van der Waals surface area contributed by atoms with E-state index >= 15 is 0 Å². The maximum atomic E-state index is 14.3. The molecule has 0 saturated heterocycles. The molecular weight excluding hydrogens is 1120 g/mol. The van der Waals surface area contributed by atoms with Crippen molar-refractivity contribution < 1.29 is 60.5 Å². The number of para-hydroxylation sites is 2. The average molecular weight is 1180 g/mol. The zero-order valence-electron chi connectivity index (χ0n) is 45.7. The van der Waals surface area contributed by atoms with E-state index in [2.05, 4.69) is 47.7 Å². The minimum Gasteiger partial charge on any atom is -0.493 e. The van der Waals surface area contributed by atoms with Gasteiger partial charge in [-0.05, 0) is 91.4 Å².